The average molecular weight is 437 g/mol. The molecule has 27 heavy (non-hydrogen) atoms. The Balaban J connectivity index is 1.60. The zero-order valence-electron chi connectivity index (χ0n) is 17.1. The topological polar surface area (TPSA) is 0 Å². The summed E-state index contributed by atoms with van der Waals surface area (Å²) in [4.78, 5) is 0. The Morgan fingerprint density at radius 1 is 0.778 bits per heavy atom. The lowest BCUT2D eigenvalue weighted by atomic mass is 9.85. The second kappa shape index (κ2) is 6.90. The summed E-state index contributed by atoms with van der Waals surface area (Å²) in [7, 11) is -1.32. The number of hydrogen-bond acceptors (Lipinski definition) is 0. The van der Waals surface area contributed by atoms with Gasteiger partial charge < -0.3 is 0 Å². The normalized spacial score (nSPS) is 21.0. The van der Waals surface area contributed by atoms with Crippen LogP contribution in [0.25, 0.3) is 12.2 Å². The largest absolute Gasteiger partial charge is 0.0783 e. The number of fused-ring (bicyclic) bond motifs is 2. The van der Waals surface area contributed by atoms with Gasteiger partial charge in [-0.15, -0.1) is 0 Å². The minimum atomic E-state index is -1.32. The smallest absolute Gasteiger partial charge is 0.0656 e. The van der Waals surface area contributed by atoms with Crippen molar-refractivity contribution in [3.8, 4) is 0 Å². The maximum atomic E-state index is 3.73. The first-order chi connectivity index (χ1) is 12.8. The van der Waals surface area contributed by atoms with Crippen LogP contribution < -0.4 is 5.19 Å². The molecule has 2 aliphatic carbocycles. The molecule has 0 amide bonds. The highest BCUT2D eigenvalue weighted by molar-refractivity contribution is 9.10. The number of allylic oxidation sites excluding steroid dienone is 2. The van der Waals surface area contributed by atoms with Crippen LogP contribution in [0.4, 0.5) is 0 Å². The molecule has 2 heteroatoms. The fraction of sp³-hybridized carbons (Fsp3) is 0.360. The van der Waals surface area contributed by atoms with E-state index in [1.165, 1.54) is 34.0 Å². The van der Waals surface area contributed by atoms with Gasteiger partial charge in [-0.3, -0.25) is 0 Å². The highest BCUT2D eigenvalue weighted by Gasteiger charge is 2.30. The van der Waals surface area contributed by atoms with Crippen molar-refractivity contribution in [3.63, 3.8) is 0 Å². The number of halogens is 1. The zero-order valence-corrected chi connectivity index (χ0v) is 19.7. The fourth-order valence-electron chi connectivity index (χ4n) is 4.96. The number of rotatable bonds is 4. The molecular formula is C25H29BrSi. The Morgan fingerprint density at radius 3 is 1.89 bits per heavy atom. The third kappa shape index (κ3) is 3.32. The minimum absolute atomic E-state index is 0.564. The van der Waals surface area contributed by atoms with E-state index in [1.54, 1.807) is 21.9 Å². The monoisotopic (exact) mass is 436 g/mol. The van der Waals surface area contributed by atoms with Crippen molar-refractivity contribution in [2.45, 2.75) is 58.2 Å². The highest BCUT2D eigenvalue weighted by atomic mass is 79.9. The van der Waals surface area contributed by atoms with E-state index in [9.17, 15) is 0 Å². The Labute approximate surface area is 173 Å². The van der Waals surface area contributed by atoms with E-state index in [1.807, 2.05) is 0 Å². The van der Waals surface area contributed by atoms with Crippen LogP contribution in [0.3, 0.4) is 0 Å². The van der Waals surface area contributed by atoms with Gasteiger partial charge in [-0.25, -0.2) is 0 Å². The second-order valence-corrected chi connectivity index (χ2v) is 15.2. The predicted octanol–water partition coefficient (Wildman–Crippen LogP) is 7.48. The summed E-state index contributed by atoms with van der Waals surface area (Å²) in [6, 6.07) is 13.7. The first-order valence-corrected chi connectivity index (χ1v) is 14.3. The van der Waals surface area contributed by atoms with Crippen molar-refractivity contribution in [3.05, 3.63) is 74.3 Å². The molecule has 0 saturated heterocycles. The van der Waals surface area contributed by atoms with E-state index in [4.69, 9.17) is 0 Å². The van der Waals surface area contributed by atoms with Gasteiger partial charge in [0.05, 0.1) is 8.07 Å². The lowest BCUT2D eigenvalue weighted by Crippen LogP contribution is -2.39. The molecule has 140 valence electrons. The highest BCUT2D eigenvalue weighted by Crippen LogP contribution is 2.45. The zero-order chi connectivity index (χ0) is 19.3. The molecule has 0 saturated carbocycles. The molecule has 0 N–H and O–H groups in total. The molecule has 2 aromatic carbocycles. The standard InChI is InChI=1S/C25H29BrSi/c1-16-14-22-20(8-6-10-24(22)26)18(16)12-13-19-17(2)15-23-21(19)9-7-11-25(23)27(3,4)5/h6-11,14-15,18-19H,12-13H2,1-5H3. The van der Waals surface area contributed by atoms with Crippen molar-refractivity contribution in [2.24, 2.45) is 0 Å². The molecule has 0 heterocycles. The molecule has 2 unspecified atom stereocenters. The van der Waals surface area contributed by atoms with Crippen LogP contribution in [-0.4, -0.2) is 8.07 Å². The van der Waals surface area contributed by atoms with Crippen LogP contribution in [0.15, 0.2) is 52.0 Å². The van der Waals surface area contributed by atoms with E-state index in [-0.39, 0.29) is 0 Å². The molecule has 0 radical (unpaired) electrons. The summed E-state index contributed by atoms with van der Waals surface area (Å²) in [6.07, 6.45) is 7.30. The van der Waals surface area contributed by atoms with E-state index >= 15 is 0 Å². The molecule has 0 bridgehead atoms. The third-order valence-electron chi connectivity index (χ3n) is 6.37. The van der Waals surface area contributed by atoms with Crippen LogP contribution >= 0.6 is 15.9 Å². The summed E-state index contributed by atoms with van der Waals surface area (Å²) in [5.74, 6) is 1.15. The van der Waals surface area contributed by atoms with Crippen LogP contribution in [0.1, 0.15) is 60.8 Å². The third-order valence-corrected chi connectivity index (χ3v) is 9.12. The fourth-order valence-corrected chi connectivity index (χ4v) is 7.08. The first kappa shape index (κ1) is 19.0. The summed E-state index contributed by atoms with van der Waals surface area (Å²) < 4.78 is 1.23. The van der Waals surface area contributed by atoms with Gasteiger partial charge in [0.1, 0.15) is 0 Å². The summed E-state index contributed by atoms with van der Waals surface area (Å²) in [6.45, 7) is 12.0. The molecule has 0 fully saturated rings. The van der Waals surface area contributed by atoms with E-state index < -0.39 is 8.07 Å². The van der Waals surface area contributed by atoms with Gasteiger partial charge in [-0.05, 0) is 55.0 Å². The van der Waals surface area contributed by atoms with E-state index in [0.29, 0.717) is 11.8 Å². The van der Waals surface area contributed by atoms with Crippen LogP contribution in [0, 0.1) is 0 Å². The molecule has 0 aromatic heterocycles. The Hall–Kier alpha value is -1.38. The quantitative estimate of drug-likeness (QED) is 0.435. The van der Waals surface area contributed by atoms with Gasteiger partial charge in [0.25, 0.3) is 0 Å². The first-order valence-electron chi connectivity index (χ1n) is 10.1. The summed E-state index contributed by atoms with van der Waals surface area (Å²) in [5, 5.41) is 1.62. The van der Waals surface area contributed by atoms with Crippen molar-refractivity contribution >= 4 is 41.3 Å². The molecule has 2 aliphatic rings. The summed E-state index contributed by atoms with van der Waals surface area (Å²) in [5.41, 5.74) is 9.05. The maximum absolute atomic E-state index is 3.73. The predicted molar refractivity (Wildman–Crippen MR) is 126 cm³/mol. The maximum Gasteiger partial charge on any atom is 0.0783 e. The minimum Gasteiger partial charge on any atom is -0.0656 e. The average Bonchev–Trinajstić information content (AvgIpc) is 3.09. The van der Waals surface area contributed by atoms with Gasteiger partial charge in [-0.2, -0.15) is 0 Å². The lowest BCUT2D eigenvalue weighted by molar-refractivity contribution is 0.611. The molecule has 2 aromatic rings. The van der Waals surface area contributed by atoms with Gasteiger partial charge in [0.15, 0.2) is 0 Å². The van der Waals surface area contributed by atoms with E-state index in [2.05, 4.69) is 98.0 Å². The molecule has 0 nitrogen and oxygen atoms in total. The van der Waals surface area contributed by atoms with Crippen molar-refractivity contribution < 1.29 is 0 Å². The van der Waals surface area contributed by atoms with E-state index in [0.717, 1.165) is 0 Å². The van der Waals surface area contributed by atoms with Crippen molar-refractivity contribution in [1.82, 2.24) is 0 Å². The molecule has 0 spiro atoms. The van der Waals surface area contributed by atoms with Crippen LogP contribution in [0.5, 0.6) is 0 Å². The number of hydrogen-bond donors (Lipinski definition) is 0. The van der Waals surface area contributed by atoms with Gasteiger partial charge in [-0.1, -0.05) is 94.4 Å². The van der Waals surface area contributed by atoms with Crippen molar-refractivity contribution in [1.29, 1.82) is 0 Å². The Bertz CT molecular complexity index is 959. The molecule has 0 aliphatic heterocycles. The summed E-state index contributed by atoms with van der Waals surface area (Å²) >= 11 is 3.73. The van der Waals surface area contributed by atoms with Crippen molar-refractivity contribution in [2.75, 3.05) is 0 Å². The Kier molecular flexibility index (Phi) is 4.84. The van der Waals surface area contributed by atoms with Gasteiger partial charge >= 0.3 is 0 Å². The Morgan fingerprint density at radius 2 is 1.30 bits per heavy atom. The van der Waals surface area contributed by atoms with Gasteiger partial charge in [0, 0.05) is 16.3 Å². The number of benzene rings is 2. The SMILES string of the molecule is CC1=Cc2c(Br)cccc2C1CCC1C(C)=Cc2c1cccc2[Si](C)(C)C. The molecule has 2 atom stereocenters. The van der Waals surface area contributed by atoms with Crippen LogP contribution in [-0.2, 0) is 0 Å². The van der Waals surface area contributed by atoms with Crippen LogP contribution in [0.2, 0.25) is 19.6 Å². The lowest BCUT2D eigenvalue weighted by Gasteiger charge is -2.23. The molecular weight excluding hydrogens is 408 g/mol. The molecule has 4 rings (SSSR count). The second-order valence-electron chi connectivity index (χ2n) is 9.26. The van der Waals surface area contributed by atoms with Gasteiger partial charge in [0.2, 0.25) is 0 Å².